The van der Waals surface area contributed by atoms with Gasteiger partial charge in [0.2, 0.25) is 0 Å². The third-order valence-electron chi connectivity index (χ3n) is 4.10. The Kier molecular flexibility index (Phi) is 6.49. The van der Waals surface area contributed by atoms with Gasteiger partial charge in [0, 0.05) is 24.2 Å². The summed E-state index contributed by atoms with van der Waals surface area (Å²) >= 11 is 0. The number of aliphatic carboxylic acids is 1. The third kappa shape index (κ3) is 4.47. The van der Waals surface area contributed by atoms with Gasteiger partial charge >= 0.3 is 5.97 Å². The molecule has 0 fully saturated rings. The maximum Gasteiger partial charge on any atom is 0.330 e. The Bertz CT molecular complexity index is 768. The molecule has 0 aromatic heterocycles. The highest BCUT2D eigenvalue weighted by atomic mass is 16.4. The first kappa shape index (κ1) is 19.2. The predicted octanol–water partition coefficient (Wildman–Crippen LogP) is 2.72. The van der Waals surface area contributed by atoms with E-state index in [1.807, 2.05) is 13.8 Å². The second-order valence-electron chi connectivity index (χ2n) is 5.71. The number of carboxylic acids is 1. The van der Waals surface area contributed by atoms with Crippen LogP contribution in [-0.2, 0) is 4.79 Å². The quantitative estimate of drug-likeness (QED) is 0.800. The molecule has 2 amide bonds. The number of carboxylic acid groups (broad SMARTS) is 1. The first-order valence-electron chi connectivity index (χ1n) is 8.45. The Morgan fingerprint density at radius 3 is 1.96 bits per heavy atom. The molecule has 6 heteroatoms. The van der Waals surface area contributed by atoms with Crippen LogP contribution in [0.1, 0.15) is 46.2 Å². The zero-order valence-corrected chi connectivity index (χ0v) is 14.8. The van der Waals surface area contributed by atoms with Crippen LogP contribution in [0.2, 0.25) is 0 Å². The molecule has 2 aromatic carbocycles. The monoisotopic (exact) mass is 354 g/mol. The summed E-state index contributed by atoms with van der Waals surface area (Å²) in [7, 11) is 0. The third-order valence-corrected chi connectivity index (χ3v) is 4.10. The van der Waals surface area contributed by atoms with Crippen molar-refractivity contribution in [2.45, 2.75) is 19.9 Å². The van der Waals surface area contributed by atoms with E-state index in [1.54, 1.807) is 47.4 Å². The molecule has 26 heavy (non-hydrogen) atoms. The van der Waals surface area contributed by atoms with E-state index in [0.717, 1.165) is 0 Å². The van der Waals surface area contributed by atoms with Crippen LogP contribution < -0.4 is 5.32 Å². The first-order chi connectivity index (χ1) is 12.5. The summed E-state index contributed by atoms with van der Waals surface area (Å²) in [5, 5.41) is 11.9. The van der Waals surface area contributed by atoms with Gasteiger partial charge in [0.05, 0.1) is 0 Å². The van der Waals surface area contributed by atoms with Crippen molar-refractivity contribution in [3.8, 4) is 0 Å². The van der Waals surface area contributed by atoms with Crippen molar-refractivity contribution in [1.29, 1.82) is 0 Å². The number of carbonyl (C=O) groups is 3. The number of nitrogens with one attached hydrogen (secondary N) is 1. The van der Waals surface area contributed by atoms with Crippen LogP contribution in [-0.4, -0.2) is 40.9 Å². The summed E-state index contributed by atoms with van der Waals surface area (Å²) in [5.74, 6) is -1.75. The lowest BCUT2D eigenvalue weighted by Gasteiger charge is -2.19. The van der Waals surface area contributed by atoms with Gasteiger partial charge in [0.1, 0.15) is 0 Å². The zero-order valence-electron chi connectivity index (χ0n) is 14.8. The molecule has 0 heterocycles. The van der Waals surface area contributed by atoms with Gasteiger partial charge in [-0.3, -0.25) is 9.59 Å². The number of hydrogen-bond acceptors (Lipinski definition) is 3. The molecule has 136 valence electrons. The Labute approximate surface area is 152 Å². The van der Waals surface area contributed by atoms with Gasteiger partial charge < -0.3 is 15.3 Å². The maximum atomic E-state index is 12.4. The lowest BCUT2D eigenvalue weighted by Crippen LogP contribution is -2.34. The molecule has 0 aliphatic rings. The van der Waals surface area contributed by atoms with Gasteiger partial charge in [-0.05, 0) is 43.7 Å². The average molecular weight is 354 g/mol. The highest BCUT2D eigenvalue weighted by Gasteiger charge is 2.22. The number of nitrogens with zero attached hydrogens (tertiary/aromatic N) is 1. The van der Waals surface area contributed by atoms with E-state index in [1.165, 1.54) is 12.1 Å². The van der Waals surface area contributed by atoms with E-state index in [2.05, 4.69) is 5.32 Å². The standard InChI is InChI=1S/C20H22N2O4/c1-3-22(4-2)19(24)16-12-10-15(11-13-16)18(23)21-17(20(25)26)14-8-6-5-7-9-14/h5-13,17H,3-4H2,1-2H3,(H,21,23)(H,25,26)/t17-/m0/s1. The minimum Gasteiger partial charge on any atom is -0.479 e. The zero-order chi connectivity index (χ0) is 19.1. The van der Waals surface area contributed by atoms with E-state index in [0.29, 0.717) is 29.8 Å². The second kappa shape index (κ2) is 8.80. The summed E-state index contributed by atoms with van der Waals surface area (Å²) in [6.45, 7) is 5.02. The Balaban J connectivity index is 2.14. The van der Waals surface area contributed by atoms with E-state index in [9.17, 15) is 19.5 Å². The van der Waals surface area contributed by atoms with Crippen LogP contribution >= 0.6 is 0 Å². The summed E-state index contributed by atoms with van der Waals surface area (Å²) in [6, 6.07) is 13.6. The number of hydrogen-bond donors (Lipinski definition) is 2. The van der Waals surface area contributed by atoms with Gasteiger partial charge in [-0.25, -0.2) is 4.79 Å². The molecule has 1 atom stereocenters. The number of amides is 2. The van der Waals surface area contributed by atoms with Crippen LogP contribution in [0.5, 0.6) is 0 Å². The number of carbonyl (C=O) groups excluding carboxylic acids is 2. The summed E-state index contributed by atoms with van der Waals surface area (Å²) in [6.07, 6.45) is 0. The van der Waals surface area contributed by atoms with Crippen molar-refractivity contribution < 1.29 is 19.5 Å². The van der Waals surface area contributed by atoms with Gasteiger partial charge in [-0.1, -0.05) is 30.3 Å². The van der Waals surface area contributed by atoms with Gasteiger partial charge in [0.25, 0.3) is 11.8 Å². The maximum absolute atomic E-state index is 12.4. The fourth-order valence-corrected chi connectivity index (χ4v) is 2.61. The minimum atomic E-state index is -1.14. The summed E-state index contributed by atoms with van der Waals surface area (Å²) in [4.78, 5) is 37.9. The molecule has 2 aromatic rings. The summed E-state index contributed by atoms with van der Waals surface area (Å²) < 4.78 is 0. The Morgan fingerprint density at radius 1 is 0.923 bits per heavy atom. The van der Waals surface area contributed by atoms with E-state index < -0.39 is 17.9 Å². The van der Waals surface area contributed by atoms with Crippen LogP contribution in [0.4, 0.5) is 0 Å². The van der Waals surface area contributed by atoms with E-state index in [-0.39, 0.29) is 5.91 Å². The molecule has 2 rings (SSSR count). The van der Waals surface area contributed by atoms with Crippen molar-refractivity contribution >= 4 is 17.8 Å². The number of benzene rings is 2. The molecule has 0 spiro atoms. The molecule has 6 nitrogen and oxygen atoms in total. The average Bonchev–Trinajstić information content (AvgIpc) is 2.67. The normalized spacial score (nSPS) is 11.5. The molecule has 2 N–H and O–H groups in total. The van der Waals surface area contributed by atoms with Crippen molar-refractivity contribution in [1.82, 2.24) is 10.2 Å². The highest BCUT2D eigenvalue weighted by molar-refractivity contribution is 5.99. The second-order valence-corrected chi connectivity index (χ2v) is 5.71. The van der Waals surface area contributed by atoms with Crippen molar-refractivity contribution in [3.05, 3.63) is 71.3 Å². The smallest absolute Gasteiger partial charge is 0.330 e. The van der Waals surface area contributed by atoms with Crippen molar-refractivity contribution in [2.24, 2.45) is 0 Å². The first-order valence-corrected chi connectivity index (χ1v) is 8.45. The molecular weight excluding hydrogens is 332 g/mol. The molecule has 0 radical (unpaired) electrons. The van der Waals surface area contributed by atoms with Crippen LogP contribution in [0.25, 0.3) is 0 Å². The molecule has 0 aliphatic carbocycles. The van der Waals surface area contributed by atoms with Crippen LogP contribution in [0.3, 0.4) is 0 Å². The highest BCUT2D eigenvalue weighted by Crippen LogP contribution is 2.14. The van der Waals surface area contributed by atoms with E-state index >= 15 is 0 Å². The van der Waals surface area contributed by atoms with Gasteiger partial charge in [-0.2, -0.15) is 0 Å². The molecule has 0 bridgehead atoms. The largest absolute Gasteiger partial charge is 0.479 e. The Morgan fingerprint density at radius 2 is 1.46 bits per heavy atom. The SMILES string of the molecule is CCN(CC)C(=O)c1ccc(C(=O)N[C@H](C(=O)O)c2ccccc2)cc1. The minimum absolute atomic E-state index is 0.102. The molecule has 0 saturated heterocycles. The fourth-order valence-electron chi connectivity index (χ4n) is 2.61. The number of rotatable bonds is 7. The van der Waals surface area contributed by atoms with Crippen LogP contribution in [0, 0.1) is 0 Å². The molecular formula is C20H22N2O4. The van der Waals surface area contributed by atoms with Gasteiger partial charge in [-0.15, -0.1) is 0 Å². The molecule has 0 saturated carbocycles. The Hall–Kier alpha value is -3.15. The fraction of sp³-hybridized carbons (Fsp3) is 0.250. The van der Waals surface area contributed by atoms with E-state index in [4.69, 9.17) is 0 Å². The topological polar surface area (TPSA) is 86.7 Å². The van der Waals surface area contributed by atoms with Crippen molar-refractivity contribution in [2.75, 3.05) is 13.1 Å². The lowest BCUT2D eigenvalue weighted by atomic mass is 10.1. The van der Waals surface area contributed by atoms with Gasteiger partial charge in [0.15, 0.2) is 6.04 Å². The predicted molar refractivity (Wildman–Crippen MR) is 98.0 cm³/mol. The van der Waals surface area contributed by atoms with Crippen molar-refractivity contribution in [3.63, 3.8) is 0 Å². The summed E-state index contributed by atoms with van der Waals surface area (Å²) in [5.41, 5.74) is 1.27. The lowest BCUT2D eigenvalue weighted by molar-refractivity contribution is -0.139. The molecule has 0 unspecified atom stereocenters. The molecule has 0 aliphatic heterocycles. The van der Waals surface area contributed by atoms with Crippen LogP contribution in [0.15, 0.2) is 54.6 Å².